The van der Waals surface area contributed by atoms with Crippen molar-refractivity contribution in [3.63, 3.8) is 0 Å². The fraction of sp³-hybridized carbons (Fsp3) is 0.923. The molecule has 0 aromatic rings. The summed E-state index contributed by atoms with van der Waals surface area (Å²) in [7, 11) is 1.78. The molecule has 110 valence electrons. The van der Waals surface area contributed by atoms with Crippen LogP contribution in [-0.4, -0.2) is 37.1 Å². The van der Waals surface area contributed by atoms with Gasteiger partial charge < -0.3 is 4.90 Å². The van der Waals surface area contributed by atoms with Gasteiger partial charge >= 0.3 is 0 Å². The molecule has 0 N–H and O–H groups in total. The molecule has 1 atom stereocenters. The van der Waals surface area contributed by atoms with Gasteiger partial charge in [-0.2, -0.15) is 0 Å². The van der Waals surface area contributed by atoms with Crippen LogP contribution >= 0.6 is 10.7 Å². The highest BCUT2D eigenvalue weighted by molar-refractivity contribution is 8.13. The summed E-state index contributed by atoms with van der Waals surface area (Å²) < 4.78 is 22.3. The number of rotatable bonds is 3. The molecule has 0 aromatic carbocycles. The quantitative estimate of drug-likeness (QED) is 0.594. The largest absolute Gasteiger partial charge is 0.337 e. The van der Waals surface area contributed by atoms with Crippen LogP contribution in [0.2, 0.25) is 0 Å². The minimum absolute atomic E-state index is 0.0849. The van der Waals surface area contributed by atoms with Crippen molar-refractivity contribution in [3.05, 3.63) is 0 Å². The Balaban J connectivity index is 2.06. The second-order valence-corrected chi connectivity index (χ2v) is 9.01. The number of halogens is 1. The Kier molecular flexibility index (Phi) is 4.45. The van der Waals surface area contributed by atoms with Crippen molar-refractivity contribution in [3.8, 4) is 0 Å². The average Bonchev–Trinajstić information content (AvgIpc) is 2.50. The Morgan fingerprint density at radius 3 is 2.37 bits per heavy atom. The second-order valence-electron chi connectivity index (χ2n) is 6.19. The van der Waals surface area contributed by atoms with Gasteiger partial charge in [0.05, 0.1) is 5.75 Å². The van der Waals surface area contributed by atoms with Crippen molar-refractivity contribution < 1.29 is 13.2 Å². The van der Waals surface area contributed by atoms with Crippen LogP contribution in [-0.2, 0) is 13.8 Å². The number of hydrogen-bond acceptors (Lipinski definition) is 3. The van der Waals surface area contributed by atoms with Gasteiger partial charge in [-0.1, -0.05) is 25.7 Å². The summed E-state index contributed by atoms with van der Waals surface area (Å²) in [6.07, 6.45) is 7.14. The molecule has 0 aromatic heterocycles. The third-order valence-corrected chi connectivity index (χ3v) is 5.72. The maximum Gasteiger partial charge on any atom is 0.232 e. The number of nitrogens with zero attached hydrogens (tertiary/aromatic N) is 1. The minimum atomic E-state index is -3.52. The number of amides is 1. The summed E-state index contributed by atoms with van der Waals surface area (Å²) in [5.41, 5.74) is -0.0849. The van der Waals surface area contributed by atoms with Gasteiger partial charge in [0, 0.05) is 35.1 Å². The molecule has 2 aliphatic rings. The minimum Gasteiger partial charge on any atom is -0.337 e. The van der Waals surface area contributed by atoms with E-state index in [1.807, 2.05) is 4.90 Å². The van der Waals surface area contributed by atoms with E-state index < -0.39 is 9.05 Å². The summed E-state index contributed by atoms with van der Waals surface area (Å²) in [5.74, 6) is -0.142. The van der Waals surface area contributed by atoms with Gasteiger partial charge in [-0.25, -0.2) is 8.42 Å². The van der Waals surface area contributed by atoms with Gasteiger partial charge in [0.2, 0.25) is 15.0 Å². The second kappa shape index (κ2) is 5.60. The average molecular weight is 308 g/mol. The van der Waals surface area contributed by atoms with E-state index in [2.05, 4.69) is 6.92 Å². The molecule has 0 bridgehead atoms. The first kappa shape index (κ1) is 15.1. The summed E-state index contributed by atoms with van der Waals surface area (Å²) in [4.78, 5) is 14.1. The first-order valence-electron chi connectivity index (χ1n) is 7.03. The Morgan fingerprint density at radius 2 is 1.84 bits per heavy atom. The zero-order chi connectivity index (χ0) is 14.1. The molecular formula is C13H22ClNO3S. The van der Waals surface area contributed by atoms with Gasteiger partial charge in [0.1, 0.15) is 0 Å². The standard InChI is InChI=1S/C13H22ClNO3S/c1-13(6-4-2-3-5-7-13)15-9-11(8-12(15)16)10-19(14,17)18/h11H,2-10H2,1H3. The Bertz CT molecular complexity index is 441. The third-order valence-electron chi connectivity index (χ3n) is 4.47. The predicted octanol–water partition coefficient (Wildman–Crippen LogP) is 2.52. The van der Waals surface area contributed by atoms with Gasteiger partial charge in [-0.3, -0.25) is 4.79 Å². The lowest BCUT2D eigenvalue weighted by atomic mass is 9.90. The molecule has 6 heteroatoms. The molecule has 1 aliphatic carbocycles. The van der Waals surface area contributed by atoms with E-state index in [1.165, 1.54) is 12.8 Å². The Morgan fingerprint density at radius 1 is 1.26 bits per heavy atom. The Labute approximate surface area is 119 Å². The van der Waals surface area contributed by atoms with E-state index in [9.17, 15) is 13.2 Å². The number of carbonyl (C=O) groups is 1. The molecule has 1 heterocycles. The lowest BCUT2D eigenvalue weighted by Crippen LogP contribution is -2.47. The van der Waals surface area contributed by atoms with Gasteiger partial charge in [-0.15, -0.1) is 0 Å². The van der Waals surface area contributed by atoms with Crippen LogP contribution in [0, 0.1) is 5.92 Å². The molecule has 1 amide bonds. The van der Waals surface area contributed by atoms with Crippen LogP contribution in [0.1, 0.15) is 51.9 Å². The predicted molar refractivity (Wildman–Crippen MR) is 75.6 cm³/mol. The molecule has 1 aliphatic heterocycles. The maximum absolute atomic E-state index is 12.2. The molecule has 0 spiro atoms. The lowest BCUT2D eigenvalue weighted by Gasteiger charge is -2.38. The summed E-state index contributed by atoms with van der Waals surface area (Å²) >= 11 is 0. The van der Waals surface area contributed by atoms with Crippen LogP contribution in [0.25, 0.3) is 0 Å². The number of likely N-dealkylation sites (tertiary alicyclic amines) is 1. The first-order chi connectivity index (χ1) is 8.80. The molecule has 2 fully saturated rings. The van der Waals surface area contributed by atoms with Crippen molar-refractivity contribution in [1.82, 2.24) is 4.90 Å². The molecule has 2 rings (SSSR count). The molecule has 4 nitrogen and oxygen atoms in total. The van der Waals surface area contributed by atoms with E-state index in [-0.39, 0.29) is 23.1 Å². The smallest absolute Gasteiger partial charge is 0.232 e. The lowest BCUT2D eigenvalue weighted by molar-refractivity contribution is -0.133. The highest BCUT2D eigenvalue weighted by Crippen LogP contribution is 2.36. The summed E-state index contributed by atoms with van der Waals surface area (Å²) in [6.45, 7) is 2.69. The van der Waals surface area contributed by atoms with E-state index >= 15 is 0 Å². The van der Waals surface area contributed by atoms with Gasteiger partial charge in [0.25, 0.3) is 0 Å². The zero-order valence-electron chi connectivity index (χ0n) is 11.4. The third kappa shape index (κ3) is 3.85. The molecule has 19 heavy (non-hydrogen) atoms. The van der Waals surface area contributed by atoms with Crippen molar-refractivity contribution in [2.75, 3.05) is 12.3 Å². The van der Waals surface area contributed by atoms with Gasteiger partial charge in [-0.05, 0) is 19.8 Å². The summed E-state index contributed by atoms with van der Waals surface area (Å²) in [6, 6.07) is 0. The van der Waals surface area contributed by atoms with Crippen LogP contribution in [0.15, 0.2) is 0 Å². The fourth-order valence-corrected chi connectivity index (χ4v) is 4.78. The van der Waals surface area contributed by atoms with Crippen LogP contribution in [0.5, 0.6) is 0 Å². The fourth-order valence-electron chi connectivity index (χ4n) is 3.46. The van der Waals surface area contributed by atoms with E-state index in [4.69, 9.17) is 10.7 Å². The summed E-state index contributed by atoms with van der Waals surface area (Å²) in [5, 5.41) is 0. The van der Waals surface area contributed by atoms with Gasteiger partial charge in [0.15, 0.2) is 0 Å². The topological polar surface area (TPSA) is 54.5 Å². The molecule has 1 saturated heterocycles. The highest BCUT2D eigenvalue weighted by Gasteiger charge is 2.42. The van der Waals surface area contributed by atoms with E-state index in [0.29, 0.717) is 13.0 Å². The van der Waals surface area contributed by atoms with Crippen molar-refractivity contribution >= 4 is 25.6 Å². The highest BCUT2D eigenvalue weighted by atomic mass is 35.7. The molecule has 1 saturated carbocycles. The Hall–Kier alpha value is -0.290. The number of carbonyl (C=O) groups excluding carboxylic acids is 1. The van der Waals surface area contributed by atoms with E-state index in [0.717, 1.165) is 25.7 Å². The normalized spacial score (nSPS) is 28.4. The zero-order valence-corrected chi connectivity index (χ0v) is 13.0. The first-order valence-corrected chi connectivity index (χ1v) is 9.51. The van der Waals surface area contributed by atoms with Crippen molar-refractivity contribution in [1.29, 1.82) is 0 Å². The SMILES string of the molecule is CC1(N2CC(CS(=O)(=O)Cl)CC2=O)CCCCCC1. The molecule has 0 radical (unpaired) electrons. The molecule has 1 unspecified atom stereocenters. The van der Waals surface area contributed by atoms with E-state index in [1.54, 1.807) is 0 Å². The van der Waals surface area contributed by atoms with Crippen LogP contribution in [0.4, 0.5) is 0 Å². The van der Waals surface area contributed by atoms with Crippen LogP contribution < -0.4 is 0 Å². The van der Waals surface area contributed by atoms with Crippen molar-refractivity contribution in [2.45, 2.75) is 57.4 Å². The number of hydrogen-bond donors (Lipinski definition) is 0. The van der Waals surface area contributed by atoms with Crippen molar-refractivity contribution in [2.24, 2.45) is 5.92 Å². The maximum atomic E-state index is 12.2. The molecular weight excluding hydrogens is 286 g/mol. The van der Waals surface area contributed by atoms with Crippen LogP contribution in [0.3, 0.4) is 0 Å². The monoisotopic (exact) mass is 307 g/mol.